The second-order valence-corrected chi connectivity index (χ2v) is 3.01. The lowest BCUT2D eigenvalue weighted by atomic mass is 10.3. The molecule has 0 aliphatic rings. The number of nitrogens with zero attached hydrogens (tertiary/aromatic N) is 1. The number of hydrogen-bond donors (Lipinski definition) is 0. The van der Waals surface area contributed by atoms with Crippen molar-refractivity contribution in [3.8, 4) is 11.5 Å². The zero-order valence-electron chi connectivity index (χ0n) is 8.77. The predicted molar refractivity (Wildman–Crippen MR) is 56.1 cm³/mol. The van der Waals surface area contributed by atoms with Gasteiger partial charge in [-0.05, 0) is 19.1 Å². The van der Waals surface area contributed by atoms with Crippen LogP contribution in [-0.4, -0.2) is 25.8 Å². The molecule has 0 saturated carbocycles. The molecule has 1 aromatic carbocycles. The van der Waals surface area contributed by atoms with Crippen LogP contribution in [0.15, 0.2) is 29.3 Å². The zero-order valence-corrected chi connectivity index (χ0v) is 8.77. The molecule has 1 unspecified atom stereocenters. The molecule has 0 aliphatic carbocycles. The minimum absolute atomic E-state index is 0.178. The van der Waals surface area contributed by atoms with Crippen molar-refractivity contribution in [1.29, 1.82) is 0 Å². The highest BCUT2D eigenvalue weighted by Crippen LogP contribution is 2.26. The van der Waals surface area contributed by atoms with Crippen molar-refractivity contribution >= 4 is 6.08 Å². The molecule has 4 nitrogen and oxygen atoms in total. The van der Waals surface area contributed by atoms with Gasteiger partial charge < -0.3 is 9.47 Å². The summed E-state index contributed by atoms with van der Waals surface area (Å²) in [5.74, 6) is 1.31. The highest BCUT2D eigenvalue weighted by molar-refractivity contribution is 5.39. The Bertz CT molecular complexity index is 359. The number of hydrogen-bond acceptors (Lipinski definition) is 4. The van der Waals surface area contributed by atoms with E-state index in [1.54, 1.807) is 13.2 Å². The van der Waals surface area contributed by atoms with Crippen LogP contribution >= 0.6 is 0 Å². The maximum atomic E-state index is 9.91. The van der Waals surface area contributed by atoms with Gasteiger partial charge >= 0.3 is 0 Å². The highest BCUT2D eigenvalue weighted by atomic mass is 16.5. The van der Waals surface area contributed by atoms with E-state index >= 15 is 0 Å². The van der Waals surface area contributed by atoms with Crippen LogP contribution in [0.5, 0.6) is 11.5 Å². The molecule has 0 fully saturated rings. The van der Waals surface area contributed by atoms with Gasteiger partial charge in [0.05, 0.1) is 13.7 Å². The van der Waals surface area contributed by atoms with E-state index in [2.05, 4.69) is 4.99 Å². The van der Waals surface area contributed by atoms with Crippen LogP contribution in [-0.2, 0) is 4.79 Å². The molecule has 1 aromatic rings. The number of para-hydroxylation sites is 2. The fourth-order valence-electron chi connectivity index (χ4n) is 1.14. The lowest BCUT2D eigenvalue weighted by molar-refractivity contribution is 0.219. The lowest BCUT2D eigenvalue weighted by Crippen LogP contribution is -2.15. The maximum Gasteiger partial charge on any atom is 0.235 e. The molecule has 0 bridgehead atoms. The number of methoxy groups -OCH3 is 1. The van der Waals surface area contributed by atoms with Crippen molar-refractivity contribution in [2.24, 2.45) is 4.99 Å². The Hall–Kier alpha value is -1.80. The van der Waals surface area contributed by atoms with E-state index in [9.17, 15) is 4.79 Å². The van der Waals surface area contributed by atoms with E-state index in [4.69, 9.17) is 9.47 Å². The monoisotopic (exact) mass is 207 g/mol. The summed E-state index contributed by atoms with van der Waals surface area (Å²) in [5.41, 5.74) is 0. The van der Waals surface area contributed by atoms with Crippen molar-refractivity contribution in [3.63, 3.8) is 0 Å². The second kappa shape index (κ2) is 5.83. The number of rotatable bonds is 5. The lowest BCUT2D eigenvalue weighted by Gasteiger charge is -2.14. The Balaban J connectivity index is 2.66. The Morgan fingerprint density at radius 2 is 2.07 bits per heavy atom. The fourth-order valence-corrected chi connectivity index (χ4v) is 1.14. The van der Waals surface area contributed by atoms with E-state index in [1.165, 1.54) is 6.08 Å². The van der Waals surface area contributed by atoms with Crippen molar-refractivity contribution in [2.75, 3.05) is 13.7 Å². The SMILES string of the molecule is COc1ccccc1OC(C)CN=C=O. The summed E-state index contributed by atoms with van der Waals surface area (Å²) >= 11 is 0. The zero-order chi connectivity index (χ0) is 11.1. The topological polar surface area (TPSA) is 47.9 Å². The molecule has 0 spiro atoms. The van der Waals surface area contributed by atoms with Crippen LogP contribution < -0.4 is 9.47 Å². The largest absolute Gasteiger partial charge is 0.493 e. The van der Waals surface area contributed by atoms with E-state index in [-0.39, 0.29) is 6.10 Å². The van der Waals surface area contributed by atoms with Crippen molar-refractivity contribution in [3.05, 3.63) is 24.3 Å². The molecule has 0 heterocycles. The third-order valence-corrected chi connectivity index (χ3v) is 1.81. The Morgan fingerprint density at radius 3 is 2.67 bits per heavy atom. The minimum atomic E-state index is -0.178. The van der Waals surface area contributed by atoms with Gasteiger partial charge in [0.25, 0.3) is 0 Å². The Labute approximate surface area is 88.5 Å². The summed E-state index contributed by atoms with van der Waals surface area (Å²) in [6.45, 7) is 2.12. The van der Waals surface area contributed by atoms with Crippen molar-refractivity contribution in [1.82, 2.24) is 0 Å². The van der Waals surface area contributed by atoms with Crippen LogP contribution in [0, 0.1) is 0 Å². The highest BCUT2D eigenvalue weighted by Gasteiger charge is 2.07. The number of benzene rings is 1. The summed E-state index contributed by atoms with van der Waals surface area (Å²) < 4.78 is 10.7. The van der Waals surface area contributed by atoms with Crippen LogP contribution in [0.25, 0.3) is 0 Å². The molecular formula is C11H13NO3. The molecule has 0 radical (unpaired) electrons. The summed E-state index contributed by atoms with van der Waals surface area (Å²) in [5, 5.41) is 0. The summed E-state index contributed by atoms with van der Waals surface area (Å²) in [6.07, 6.45) is 1.30. The minimum Gasteiger partial charge on any atom is -0.493 e. The molecule has 4 heteroatoms. The van der Waals surface area contributed by atoms with Gasteiger partial charge in [0, 0.05) is 0 Å². The smallest absolute Gasteiger partial charge is 0.235 e. The molecule has 0 N–H and O–H groups in total. The first kappa shape index (κ1) is 11.3. The summed E-state index contributed by atoms with van der Waals surface area (Å²) in [4.78, 5) is 13.4. The summed E-state index contributed by atoms with van der Waals surface area (Å²) in [6, 6.07) is 7.33. The third-order valence-electron chi connectivity index (χ3n) is 1.81. The van der Waals surface area contributed by atoms with Gasteiger partial charge in [0.2, 0.25) is 6.08 Å². The van der Waals surface area contributed by atoms with Crippen LogP contribution in [0.1, 0.15) is 6.92 Å². The maximum absolute atomic E-state index is 9.91. The molecule has 1 rings (SSSR count). The average Bonchev–Trinajstić information content (AvgIpc) is 2.27. The van der Waals surface area contributed by atoms with Crippen LogP contribution in [0.2, 0.25) is 0 Å². The van der Waals surface area contributed by atoms with E-state index in [0.29, 0.717) is 18.0 Å². The van der Waals surface area contributed by atoms with E-state index < -0.39 is 0 Å². The van der Waals surface area contributed by atoms with Gasteiger partial charge in [0.15, 0.2) is 11.5 Å². The number of carbonyl (C=O) groups excluding carboxylic acids is 1. The average molecular weight is 207 g/mol. The van der Waals surface area contributed by atoms with Crippen molar-refractivity contribution in [2.45, 2.75) is 13.0 Å². The van der Waals surface area contributed by atoms with Gasteiger partial charge in [0.1, 0.15) is 6.10 Å². The third kappa shape index (κ3) is 3.44. The first-order chi connectivity index (χ1) is 7.27. The molecule has 1 atom stereocenters. The Kier molecular flexibility index (Phi) is 4.38. The molecular weight excluding hydrogens is 194 g/mol. The van der Waals surface area contributed by atoms with Crippen molar-refractivity contribution < 1.29 is 14.3 Å². The van der Waals surface area contributed by atoms with E-state index in [1.807, 2.05) is 25.1 Å². The standard InChI is InChI=1S/C11H13NO3/c1-9(7-12-8-13)15-11-6-4-3-5-10(11)14-2/h3-6,9H,7H2,1-2H3. The molecule has 0 saturated heterocycles. The number of isocyanates is 1. The Morgan fingerprint density at radius 1 is 1.40 bits per heavy atom. The van der Waals surface area contributed by atoms with E-state index in [0.717, 1.165) is 0 Å². The van der Waals surface area contributed by atoms with Gasteiger partial charge in [-0.25, -0.2) is 9.79 Å². The van der Waals surface area contributed by atoms with Crippen LogP contribution in [0.3, 0.4) is 0 Å². The van der Waals surface area contributed by atoms with Gasteiger partial charge in [-0.2, -0.15) is 0 Å². The molecule has 0 amide bonds. The predicted octanol–water partition coefficient (Wildman–Crippen LogP) is 1.80. The second-order valence-electron chi connectivity index (χ2n) is 3.01. The molecule has 0 aliphatic heterocycles. The normalized spacial score (nSPS) is 11.3. The first-order valence-corrected chi connectivity index (χ1v) is 4.61. The van der Waals surface area contributed by atoms with Gasteiger partial charge in [-0.3, -0.25) is 0 Å². The first-order valence-electron chi connectivity index (χ1n) is 4.61. The molecule has 0 aromatic heterocycles. The molecule has 80 valence electrons. The van der Waals surface area contributed by atoms with Gasteiger partial charge in [-0.15, -0.1) is 0 Å². The van der Waals surface area contributed by atoms with Crippen LogP contribution in [0.4, 0.5) is 0 Å². The number of ether oxygens (including phenoxy) is 2. The fraction of sp³-hybridized carbons (Fsp3) is 0.364. The molecule has 15 heavy (non-hydrogen) atoms. The quantitative estimate of drug-likeness (QED) is 0.546. The summed E-state index contributed by atoms with van der Waals surface area (Å²) in [7, 11) is 1.58. The van der Waals surface area contributed by atoms with Gasteiger partial charge in [-0.1, -0.05) is 12.1 Å². The number of aliphatic imine (C=N–C) groups is 1.